The van der Waals surface area contributed by atoms with Crippen molar-refractivity contribution in [3.63, 3.8) is 0 Å². The van der Waals surface area contributed by atoms with Gasteiger partial charge in [0, 0.05) is 14.0 Å². The Labute approximate surface area is 221 Å². The average Bonchev–Trinajstić information content (AvgIpc) is 3.06. The lowest BCUT2D eigenvalue weighted by molar-refractivity contribution is -0.171. The fraction of sp³-hybridized carbons (Fsp3) is 0.679. The van der Waals surface area contributed by atoms with Crippen LogP contribution in [0.2, 0.25) is 36.3 Å². The van der Waals surface area contributed by atoms with E-state index in [1.807, 2.05) is 42.5 Å². The van der Waals surface area contributed by atoms with Crippen molar-refractivity contribution in [3.8, 4) is 0 Å². The van der Waals surface area contributed by atoms with E-state index in [2.05, 4.69) is 67.7 Å². The standard InChI is InChI=1S/C28H48O6Si2/c1-20(29)31-22(19-18-21-16-14-13-15-17-21)23-24(33-35(9,10)27(2,3)4)25(26(30-8)32-23)34-36(11,12)28(5,6)7/h13-19,22-26H,1-12H3/b19-18+/t22-,23-,24-,25-,26-/m1/s1. The number of esters is 1. The summed E-state index contributed by atoms with van der Waals surface area (Å²) in [5.41, 5.74) is 1.01. The highest BCUT2D eigenvalue weighted by Crippen LogP contribution is 2.44. The smallest absolute Gasteiger partial charge is 0.303 e. The summed E-state index contributed by atoms with van der Waals surface area (Å²) in [4.78, 5) is 12.2. The van der Waals surface area contributed by atoms with E-state index < -0.39 is 47.3 Å². The molecule has 1 saturated heterocycles. The molecule has 0 radical (unpaired) electrons. The minimum atomic E-state index is -2.25. The molecule has 1 aromatic carbocycles. The zero-order valence-electron chi connectivity index (χ0n) is 24.4. The molecule has 0 spiro atoms. The van der Waals surface area contributed by atoms with Crippen molar-refractivity contribution in [1.29, 1.82) is 0 Å². The molecule has 5 atom stereocenters. The summed E-state index contributed by atoms with van der Waals surface area (Å²) in [6.07, 6.45) is 1.04. The molecule has 0 aromatic heterocycles. The van der Waals surface area contributed by atoms with Crippen LogP contribution in [0.1, 0.15) is 54.0 Å². The quantitative estimate of drug-likeness (QED) is 0.256. The van der Waals surface area contributed by atoms with Gasteiger partial charge in [0.25, 0.3) is 0 Å². The summed E-state index contributed by atoms with van der Waals surface area (Å²) >= 11 is 0. The van der Waals surface area contributed by atoms with Crippen LogP contribution in [0.3, 0.4) is 0 Å². The maximum Gasteiger partial charge on any atom is 0.303 e. The molecule has 1 aromatic rings. The molecular weight excluding hydrogens is 488 g/mol. The summed E-state index contributed by atoms with van der Waals surface area (Å²) in [6, 6.07) is 9.92. The molecule has 0 bridgehead atoms. The second kappa shape index (κ2) is 11.6. The van der Waals surface area contributed by atoms with Gasteiger partial charge >= 0.3 is 5.97 Å². The molecule has 2 rings (SSSR count). The number of rotatable bonds is 9. The predicted molar refractivity (Wildman–Crippen MR) is 151 cm³/mol. The second-order valence-corrected chi connectivity index (χ2v) is 22.2. The first kappa shape index (κ1) is 30.9. The number of carbonyl (C=O) groups excluding carboxylic acids is 1. The third-order valence-electron chi connectivity index (χ3n) is 7.82. The zero-order chi connectivity index (χ0) is 27.5. The van der Waals surface area contributed by atoms with Gasteiger partial charge < -0.3 is 23.1 Å². The number of methoxy groups -OCH3 is 1. The first-order valence-corrected chi connectivity index (χ1v) is 18.7. The van der Waals surface area contributed by atoms with E-state index in [-0.39, 0.29) is 16.0 Å². The lowest BCUT2D eigenvalue weighted by Gasteiger charge is -2.44. The Hall–Kier alpha value is -1.30. The SMILES string of the molecule is CO[C@@H]1O[C@H]([C@@H](/C=C/c2ccccc2)OC(C)=O)[C@@H](O[Si](C)(C)C(C)(C)C)[C@H]1O[Si](C)(C)C(C)(C)C. The fourth-order valence-corrected chi connectivity index (χ4v) is 6.16. The molecule has 0 unspecified atom stereocenters. The van der Waals surface area contributed by atoms with Gasteiger partial charge in [-0.25, -0.2) is 0 Å². The summed E-state index contributed by atoms with van der Waals surface area (Å²) in [5.74, 6) is -0.380. The van der Waals surface area contributed by atoms with E-state index in [9.17, 15) is 4.79 Å². The lowest BCUT2D eigenvalue weighted by atomic mass is 10.0. The topological polar surface area (TPSA) is 63.2 Å². The summed E-state index contributed by atoms with van der Waals surface area (Å²) < 4.78 is 32.0. The molecule has 36 heavy (non-hydrogen) atoms. The van der Waals surface area contributed by atoms with Crippen LogP contribution in [0, 0.1) is 0 Å². The third-order valence-corrected chi connectivity index (χ3v) is 16.8. The Morgan fingerprint density at radius 1 is 0.917 bits per heavy atom. The van der Waals surface area contributed by atoms with Gasteiger partial charge in [0.2, 0.25) is 0 Å². The van der Waals surface area contributed by atoms with Gasteiger partial charge in [-0.05, 0) is 47.9 Å². The molecule has 8 heteroatoms. The minimum absolute atomic E-state index is 0.00655. The van der Waals surface area contributed by atoms with Crippen molar-refractivity contribution in [2.75, 3.05) is 7.11 Å². The Bertz CT molecular complexity index is 886. The van der Waals surface area contributed by atoms with Crippen molar-refractivity contribution >= 4 is 28.7 Å². The summed E-state index contributed by atoms with van der Waals surface area (Å²) in [6.45, 7) is 23.5. The van der Waals surface area contributed by atoms with E-state index in [0.29, 0.717) is 0 Å². The predicted octanol–water partition coefficient (Wildman–Crippen LogP) is 6.78. The maximum atomic E-state index is 12.2. The highest BCUT2D eigenvalue weighted by Gasteiger charge is 2.56. The van der Waals surface area contributed by atoms with Crippen LogP contribution in [0.15, 0.2) is 36.4 Å². The van der Waals surface area contributed by atoms with Gasteiger partial charge in [-0.15, -0.1) is 0 Å². The van der Waals surface area contributed by atoms with Crippen LogP contribution in [-0.4, -0.2) is 60.4 Å². The van der Waals surface area contributed by atoms with Crippen LogP contribution in [0.25, 0.3) is 6.08 Å². The highest BCUT2D eigenvalue weighted by molar-refractivity contribution is 6.74. The van der Waals surface area contributed by atoms with Gasteiger partial charge in [0.1, 0.15) is 24.4 Å². The van der Waals surface area contributed by atoms with E-state index >= 15 is 0 Å². The molecular formula is C28H48O6Si2. The zero-order valence-corrected chi connectivity index (χ0v) is 26.4. The Morgan fingerprint density at radius 3 is 1.86 bits per heavy atom. The molecule has 0 saturated carbocycles. The van der Waals surface area contributed by atoms with Gasteiger partial charge in [-0.3, -0.25) is 4.79 Å². The van der Waals surface area contributed by atoms with Gasteiger partial charge in [-0.2, -0.15) is 0 Å². The molecule has 6 nitrogen and oxygen atoms in total. The molecule has 1 aliphatic rings. The highest BCUT2D eigenvalue weighted by atomic mass is 28.4. The van der Waals surface area contributed by atoms with E-state index in [1.165, 1.54) is 6.92 Å². The number of hydrogen-bond acceptors (Lipinski definition) is 6. The Kier molecular flexibility index (Phi) is 9.98. The lowest BCUT2D eigenvalue weighted by Crippen LogP contribution is -2.55. The fourth-order valence-electron chi connectivity index (χ4n) is 3.57. The Balaban J connectivity index is 2.55. The number of carbonyl (C=O) groups is 1. The number of hydrogen-bond donors (Lipinski definition) is 0. The van der Waals surface area contributed by atoms with Gasteiger partial charge in [0.05, 0.1) is 0 Å². The molecule has 1 aliphatic heterocycles. The van der Waals surface area contributed by atoms with Crippen LogP contribution >= 0.6 is 0 Å². The largest absolute Gasteiger partial charge is 0.455 e. The summed E-state index contributed by atoms with van der Waals surface area (Å²) in [5, 5.41) is -0.0333. The van der Waals surface area contributed by atoms with E-state index in [0.717, 1.165) is 5.56 Å². The van der Waals surface area contributed by atoms with Crippen LogP contribution in [0.4, 0.5) is 0 Å². The van der Waals surface area contributed by atoms with Crippen LogP contribution in [-0.2, 0) is 27.9 Å². The molecule has 204 valence electrons. The number of benzene rings is 1. The summed E-state index contributed by atoms with van der Waals surface area (Å²) in [7, 11) is -2.84. The van der Waals surface area contributed by atoms with Crippen LogP contribution < -0.4 is 0 Å². The van der Waals surface area contributed by atoms with Crippen molar-refractivity contribution in [2.45, 2.75) is 115 Å². The van der Waals surface area contributed by atoms with E-state index in [1.54, 1.807) is 7.11 Å². The molecule has 0 aliphatic carbocycles. The maximum absolute atomic E-state index is 12.2. The first-order chi connectivity index (χ1) is 16.4. The van der Waals surface area contributed by atoms with Crippen molar-refractivity contribution < 1.29 is 27.9 Å². The van der Waals surface area contributed by atoms with Crippen molar-refractivity contribution in [2.24, 2.45) is 0 Å². The normalized spacial score (nSPS) is 24.8. The van der Waals surface area contributed by atoms with Crippen LogP contribution in [0.5, 0.6) is 0 Å². The van der Waals surface area contributed by atoms with Gasteiger partial charge in [0.15, 0.2) is 22.9 Å². The minimum Gasteiger partial charge on any atom is -0.455 e. The molecule has 0 N–H and O–H groups in total. The Morgan fingerprint density at radius 2 is 1.42 bits per heavy atom. The third kappa shape index (κ3) is 7.61. The second-order valence-electron chi connectivity index (χ2n) is 12.7. The van der Waals surface area contributed by atoms with Crippen molar-refractivity contribution in [1.82, 2.24) is 0 Å². The molecule has 1 fully saturated rings. The molecule has 1 heterocycles. The van der Waals surface area contributed by atoms with Crippen molar-refractivity contribution in [3.05, 3.63) is 42.0 Å². The monoisotopic (exact) mass is 536 g/mol. The first-order valence-electron chi connectivity index (χ1n) is 12.8. The van der Waals surface area contributed by atoms with E-state index in [4.69, 9.17) is 23.1 Å². The number of ether oxygens (including phenoxy) is 3. The van der Waals surface area contributed by atoms with Gasteiger partial charge in [-0.1, -0.05) is 78.0 Å². The molecule has 0 amide bonds. The average molecular weight is 537 g/mol.